The van der Waals surface area contributed by atoms with Gasteiger partial charge in [-0.25, -0.2) is 0 Å². The zero-order valence-electron chi connectivity index (χ0n) is 24.2. The first-order chi connectivity index (χ1) is 22.3. The predicted molar refractivity (Wildman–Crippen MR) is 192 cm³/mol. The lowest BCUT2D eigenvalue weighted by Gasteiger charge is -2.09. The summed E-state index contributed by atoms with van der Waals surface area (Å²) in [6.45, 7) is 0. The molecule has 0 atom stereocenters. The van der Waals surface area contributed by atoms with Crippen molar-refractivity contribution in [1.82, 2.24) is 4.57 Å². The second kappa shape index (κ2) is 9.43. The largest absolute Gasteiger partial charge is 0.454 e. The van der Waals surface area contributed by atoms with Gasteiger partial charge in [-0.05, 0) is 70.8 Å². The number of rotatable bonds is 3. The Labute approximate surface area is 263 Å². The maximum absolute atomic E-state index is 6.71. The van der Waals surface area contributed by atoms with E-state index >= 15 is 0 Å². The summed E-state index contributed by atoms with van der Waals surface area (Å²) in [4.78, 5) is 0. The number of thiophene rings is 1. The Kier molecular flexibility index (Phi) is 5.19. The molecule has 0 saturated carbocycles. The van der Waals surface area contributed by atoms with Gasteiger partial charge in [0.2, 0.25) is 0 Å². The van der Waals surface area contributed by atoms with Gasteiger partial charge in [0, 0.05) is 41.7 Å². The van der Waals surface area contributed by atoms with Gasteiger partial charge in [-0.15, -0.1) is 11.3 Å². The molecule has 0 unspecified atom stereocenters. The summed E-state index contributed by atoms with van der Waals surface area (Å²) in [6.07, 6.45) is 0. The van der Waals surface area contributed by atoms with Crippen molar-refractivity contribution in [2.24, 2.45) is 0 Å². The van der Waals surface area contributed by atoms with Gasteiger partial charge in [0.25, 0.3) is 0 Å². The quantitative estimate of drug-likeness (QED) is 0.200. The number of benzene rings is 7. The highest BCUT2D eigenvalue weighted by Crippen LogP contribution is 2.41. The Hall–Kier alpha value is -5.64. The minimum absolute atomic E-state index is 0.897. The van der Waals surface area contributed by atoms with Gasteiger partial charge in [0.05, 0.1) is 16.7 Å². The topological polar surface area (TPSA) is 18.1 Å². The molecule has 0 fully saturated rings. The van der Waals surface area contributed by atoms with Crippen molar-refractivity contribution in [3.63, 3.8) is 0 Å². The van der Waals surface area contributed by atoms with Crippen LogP contribution in [0.25, 0.3) is 91.9 Å². The molecule has 0 aliphatic carbocycles. The Balaban J connectivity index is 1.19. The summed E-state index contributed by atoms with van der Waals surface area (Å²) in [5.41, 5.74) is 10.00. The molecule has 7 aromatic carbocycles. The van der Waals surface area contributed by atoms with Crippen molar-refractivity contribution in [2.75, 3.05) is 0 Å². The van der Waals surface area contributed by atoms with Crippen molar-refractivity contribution in [2.45, 2.75) is 0 Å². The molecule has 45 heavy (non-hydrogen) atoms. The second-order valence-electron chi connectivity index (χ2n) is 11.7. The average molecular weight is 592 g/mol. The molecule has 0 radical (unpaired) electrons. The van der Waals surface area contributed by atoms with Gasteiger partial charge in [-0.2, -0.15) is 0 Å². The number of hydrogen-bond acceptors (Lipinski definition) is 2. The number of aromatic nitrogens is 1. The van der Waals surface area contributed by atoms with Crippen molar-refractivity contribution in [3.8, 4) is 27.9 Å². The average Bonchev–Trinajstić information content (AvgIpc) is 3.77. The Morgan fingerprint density at radius 2 is 1.07 bits per heavy atom. The molecule has 10 aromatic rings. The number of furan rings is 1. The van der Waals surface area contributed by atoms with Crippen LogP contribution in [0.3, 0.4) is 0 Å². The van der Waals surface area contributed by atoms with Crippen molar-refractivity contribution in [1.29, 1.82) is 0 Å². The molecular weight excluding hydrogens is 567 g/mol. The van der Waals surface area contributed by atoms with Gasteiger partial charge in [0.15, 0.2) is 5.58 Å². The maximum Gasteiger partial charge on any atom is 0.159 e. The monoisotopic (exact) mass is 591 g/mol. The smallest absolute Gasteiger partial charge is 0.159 e. The zero-order chi connectivity index (χ0) is 29.5. The molecule has 0 N–H and O–H groups in total. The first kappa shape index (κ1) is 24.8. The van der Waals surface area contributed by atoms with E-state index in [0.29, 0.717) is 0 Å². The Morgan fingerprint density at radius 3 is 1.98 bits per heavy atom. The number of fused-ring (bicyclic) bond motifs is 9. The molecule has 10 rings (SSSR count). The third-order valence-corrected chi connectivity index (χ3v) is 10.4. The molecule has 3 heterocycles. The fourth-order valence-electron chi connectivity index (χ4n) is 7.09. The van der Waals surface area contributed by atoms with E-state index in [0.717, 1.165) is 27.6 Å². The standard InChI is InChI=1S/C42H25NOS/c1-2-9-26(10-3-1)29-17-20-31-30-11-4-6-14-36(30)43(38(31)25-29)37-15-8-13-33-34-23-27(18-21-39(34)44-42(33)37)28-19-22-41-35(24-28)32-12-5-7-16-40(32)45-41/h1-25H. The lowest BCUT2D eigenvalue weighted by molar-refractivity contribution is 0.666. The summed E-state index contributed by atoms with van der Waals surface area (Å²) < 4.78 is 11.7. The summed E-state index contributed by atoms with van der Waals surface area (Å²) >= 11 is 1.86. The minimum atomic E-state index is 0.897. The number of para-hydroxylation sites is 2. The van der Waals surface area contributed by atoms with Crippen LogP contribution in [0, 0.1) is 0 Å². The third kappa shape index (κ3) is 3.68. The summed E-state index contributed by atoms with van der Waals surface area (Å²) in [6, 6.07) is 54.7. The molecule has 0 bridgehead atoms. The van der Waals surface area contributed by atoms with E-state index in [1.54, 1.807) is 0 Å². The molecule has 3 aromatic heterocycles. The van der Waals surface area contributed by atoms with Gasteiger partial charge >= 0.3 is 0 Å². The van der Waals surface area contributed by atoms with Crippen molar-refractivity contribution < 1.29 is 4.42 Å². The predicted octanol–water partition coefficient (Wildman–Crippen LogP) is 12.4. The molecule has 0 amide bonds. The first-order valence-electron chi connectivity index (χ1n) is 15.3. The first-order valence-corrected chi connectivity index (χ1v) is 16.1. The van der Waals surface area contributed by atoms with Crippen LogP contribution in [0.5, 0.6) is 0 Å². The van der Waals surface area contributed by atoms with Crippen LogP contribution in [0.1, 0.15) is 0 Å². The normalized spacial score (nSPS) is 12.0. The van der Waals surface area contributed by atoms with Crippen LogP contribution in [0.15, 0.2) is 156 Å². The van der Waals surface area contributed by atoms with E-state index in [-0.39, 0.29) is 0 Å². The molecule has 3 heteroatoms. The maximum atomic E-state index is 6.71. The Morgan fingerprint density at radius 1 is 0.400 bits per heavy atom. The Bertz CT molecular complexity index is 2760. The molecular formula is C42H25NOS. The lowest BCUT2D eigenvalue weighted by atomic mass is 10.0. The summed E-state index contributed by atoms with van der Waals surface area (Å²) in [5.74, 6) is 0. The fourth-order valence-corrected chi connectivity index (χ4v) is 8.17. The van der Waals surface area contributed by atoms with E-state index in [1.807, 2.05) is 11.3 Å². The molecule has 0 saturated heterocycles. The molecule has 210 valence electrons. The van der Waals surface area contributed by atoms with Crippen LogP contribution < -0.4 is 0 Å². The molecule has 0 spiro atoms. The van der Waals surface area contributed by atoms with Crippen LogP contribution in [0.2, 0.25) is 0 Å². The molecule has 2 nitrogen and oxygen atoms in total. The highest BCUT2D eigenvalue weighted by Gasteiger charge is 2.18. The number of hydrogen-bond donors (Lipinski definition) is 0. The van der Waals surface area contributed by atoms with E-state index < -0.39 is 0 Å². The van der Waals surface area contributed by atoms with Crippen molar-refractivity contribution in [3.05, 3.63) is 152 Å². The van der Waals surface area contributed by atoms with E-state index in [1.165, 1.54) is 64.2 Å². The minimum Gasteiger partial charge on any atom is -0.454 e. The van der Waals surface area contributed by atoms with Crippen LogP contribution in [-0.2, 0) is 0 Å². The van der Waals surface area contributed by atoms with Gasteiger partial charge in [-0.1, -0.05) is 103 Å². The van der Waals surface area contributed by atoms with Crippen LogP contribution in [-0.4, -0.2) is 4.57 Å². The van der Waals surface area contributed by atoms with Gasteiger partial charge in [-0.3, -0.25) is 0 Å². The molecule has 0 aliphatic rings. The second-order valence-corrected chi connectivity index (χ2v) is 12.8. The van der Waals surface area contributed by atoms with Crippen LogP contribution >= 0.6 is 11.3 Å². The molecule has 0 aliphatic heterocycles. The number of nitrogens with zero attached hydrogens (tertiary/aromatic N) is 1. The highest BCUT2D eigenvalue weighted by molar-refractivity contribution is 7.25. The van der Waals surface area contributed by atoms with E-state index in [2.05, 4.69) is 156 Å². The SMILES string of the molecule is c1ccc(-c2ccc3c4ccccc4n(-c4cccc5c4oc4ccc(-c6ccc7sc8ccccc8c7c6)cc45)c3c2)cc1. The zero-order valence-corrected chi connectivity index (χ0v) is 25.0. The van der Waals surface area contributed by atoms with Crippen molar-refractivity contribution >= 4 is 75.3 Å². The van der Waals surface area contributed by atoms with Gasteiger partial charge < -0.3 is 8.98 Å². The summed E-state index contributed by atoms with van der Waals surface area (Å²) in [5, 5.41) is 7.35. The summed E-state index contributed by atoms with van der Waals surface area (Å²) in [7, 11) is 0. The van der Waals surface area contributed by atoms with E-state index in [9.17, 15) is 0 Å². The van der Waals surface area contributed by atoms with Crippen LogP contribution in [0.4, 0.5) is 0 Å². The third-order valence-electron chi connectivity index (χ3n) is 9.21. The highest BCUT2D eigenvalue weighted by atomic mass is 32.1. The van der Waals surface area contributed by atoms with Gasteiger partial charge in [0.1, 0.15) is 5.58 Å². The fraction of sp³-hybridized carbons (Fsp3) is 0. The van der Waals surface area contributed by atoms with E-state index in [4.69, 9.17) is 4.42 Å². The lowest BCUT2D eigenvalue weighted by Crippen LogP contribution is -1.94.